The van der Waals surface area contributed by atoms with E-state index in [2.05, 4.69) is 27.9 Å². The van der Waals surface area contributed by atoms with E-state index >= 15 is 0 Å². The van der Waals surface area contributed by atoms with Crippen LogP contribution in [0.1, 0.15) is 33.2 Å². The highest BCUT2D eigenvalue weighted by atomic mass is 16.5. The molecule has 1 aliphatic rings. The Morgan fingerprint density at radius 3 is 2.29 bits per heavy atom. The van der Waals surface area contributed by atoms with Gasteiger partial charge in [-0.05, 0) is 28.3 Å². The van der Waals surface area contributed by atoms with Gasteiger partial charge in [0.1, 0.15) is 12.3 Å². The number of benzene rings is 2. The molecule has 1 atom stereocenters. The number of ether oxygens (including phenoxy) is 1. The number of aliphatic hydroxyl groups excluding tert-OH is 1. The molecule has 176 valence electrons. The highest BCUT2D eigenvalue weighted by molar-refractivity contribution is 5.93. The summed E-state index contributed by atoms with van der Waals surface area (Å²) in [4.78, 5) is 35.2. The van der Waals surface area contributed by atoms with Crippen molar-refractivity contribution in [3.63, 3.8) is 0 Å². The molecule has 2 amide bonds. The normalized spacial score (nSPS) is 13.0. The fourth-order valence-corrected chi connectivity index (χ4v) is 4.00. The minimum Gasteiger partial charge on any atom is -0.479 e. The van der Waals surface area contributed by atoms with Gasteiger partial charge in [0, 0.05) is 13.0 Å². The van der Waals surface area contributed by atoms with Gasteiger partial charge < -0.3 is 25.6 Å². The fraction of sp³-hybridized carbons (Fsp3) is 0.250. The average molecular weight is 464 g/mol. The summed E-state index contributed by atoms with van der Waals surface area (Å²) in [5.41, 5.74) is 5.08. The second-order valence-corrected chi connectivity index (χ2v) is 7.89. The monoisotopic (exact) mass is 464 g/mol. The van der Waals surface area contributed by atoms with Gasteiger partial charge in [-0.2, -0.15) is 5.10 Å². The van der Waals surface area contributed by atoms with Gasteiger partial charge in [0.2, 0.25) is 0 Å². The zero-order chi connectivity index (χ0) is 24.2. The van der Waals surface area contributed by atoms with E-state index in [1.54, 1.807) is 7.05 Å². The highest BCUT2D eigenvalue weighted by Crippen LogP contribution is 2.44. The number of nitrogens with zero attached hydrogens (tertiary/aromatic N) is 2. The van der Waals surface area contributed by atoms with Crippen molar-refractivity contribution < 1.29 is 29.3 Å². The maximum absolute atomic E-state index is 12.3. The number of aryl methyl sites for hydroxylation is 1. The Labute approximate surface area is 195 Å². The second kappa shape index (κ2) is 9.75. The van der Waals surface area contributed by atoms with E-state index in [0.29, 0.717) is 5.69 Å². The summed E-state index contributed by atoms with van der Waals surface area (Å²) in [6.07, 6.45) is -2.31. The average Bonchev–Trinajstić information content (AvgIpc) is 3.37. The van der Waals surface area contributed by atoms with E-state index in [1.807, 2.05) is 36.4 Å². The highest BCUT2D eigenvalue weighted by Gasteiger charge is 2.29. The first-order valence-corrected chi connectivity index (χ1v) is 10.7. The van der Waals surface area contributed by atoms with E-state index < -0.39 is 30.6 Å². The Balaban J connectivity index is 1.32. The van der Waals surface area contributed by atoms with Gasteiger partial charge >= 0.3 is 12.1 Å². The lowest BCUT2D eigenvalue weighted by Crippen LogP contribution is -2.37. The van der Waals surface area contributed by atoms with Crippen LogP contribution in [0, 0.1) is 0 Å². The number of amides is 2. The lowest BCUT2D eigenvalue weighted by atomic mass is 9.98. The number of fused-ring (bicyclic) bond motifs is 3. The summed E-state index contributed by atoms with van der Waals surface area (Å²) in [5.74, 6) is -2.08. The molecule has 0 radical (unpaired) electrons. The summed E-state index contributed by atoms with van der Waals surface area (Å²) >= 11 is 0. The number of carbonyl (C=O) groups is 3. The van der Waals surface area contributed by atoms with Crippen molar-refractivity contribution in [1.29, 1.82) is 0 Å². The van der Waals surface area contributed by atoms with Gasteiger partial charge in [-0.1, -0.05) is 48.5 Å². The van der Waals surface area contributed by atoms with Crippen molar-refractivity contribution >= 4 is 18.0 Å². The number of carboxylic acid groups (broad SMARTS) is 1. The molecule has 10 heteroatoms. The van der Waals surface area contributed by atoms with Crippen molar-refractivity contribution in [3.8, 4) is 11.1 Å². The topological polar surface area (TPSA) is 143 Å². The van der Waals surface area contributed by atoms with Crippen LogP contribution >= 0.6 is 0 Å². The molecule has 0 saturated heterocycles. The van der Waals surface area contributed by atoms with E-state index in [0.717, 1.165) is 22.3 Å². The molecule has 1 unspecified atom stereocenters. The molecule has 2 aromatic carbocycles. The predicted molar refractivity (Wildman–Crippen MR) is 121 cm³/mol. The number of nitrogens with one attached hydrogen (secondary N) is 2. The lowest BCUT2D eigenvalue weighted by molar-refractivity contribution is -0.146. The molecular weight excluding hydrogens is 440 g/mol. The number of alkyl carbamates (subject to hydrolysis) is 1. The first kappa shape index (κ1) is 23.0. The Hall–Kier alpha value is -4.18. The Morgan fingerprint density at radius 2 is 1.68 bits per heavy atom. The van der Waals surface area contributed by atoms with Gasteiger partial charge in [-0.3, -0.25) is 9.48 Å². The molecule has 3 aromatic rings. The first-order valence-electron chi connectivity index (χ1n) is 10.7. The van der Waals surface area contributed by atoms with Crippen molar-refractivity contribution in [3.05, 3.63) is 77.1 Å². The van der Waals surface area contributed by atoms with E-state index in [4.69, 9.17) is 9.84 Å². The Bertz CT molecular complexity index is 1190. The smallest absolute Gasteiger partial charge is 0.407 e. The second-order valence-electron chi connectivity index (χ2n) is 7.89. The lowest BCUT2D eigenvalue weighted by Gasteiger charge is -2.14. The number of carboxylic acids is 1. The molecule has 0 spiro atoms. The van der Waals surface area contributed by atoms with Crippen molar-refractivity contribution in [2.75, 3.05) is 13.2 Å². The van der Waals surface area contributed by atoms with Gasteiger partial charge in [0.15, 0.2) is 6.10 Å². The van der Waals surface area contributed by atoms with Crippen molar-refractivity contribution in [2.45, 2.75) is 18.6 Å². The standard InChI is InChI=1S/C24H24N4O6/c1-28-20(22(30)25-12-21(29)23(31)32)10-14(27-28)11-26-24(33)34-13-19-17-8-4-2-6-15(17)16-7-3-5-9-18(16)19/h2-10,19,21,29H,11-13H2,1H3,(H,25,30)(H,26,33)(H,31,32). The molecule has 0 fully saturated rings. The summed E-state index contributed by atoms with van der Waals surface area (Å²) < 4.78 is 6.79. The van der Waals surface area contributed by atoms with E-state index in [9.17, 15) is 19.5 Å². The van der Waals surface area contributed by atoms with Crippen LogP contribution in [-0.2, 0) is 23.1 Å². The molecule has 0 aliphatic heterocycles. The predicted octanol–water partition coefficient (Wildman–Crippen LogP) is 1.63. The van der Waals surface area contributed by atoms with Crippen LogP contribution < -0.4 is 10.6 Å². The Kier molecular flexibility index (Phi) is 6.60. The number of aliphatic hydroxyl groups is 1. The summed E-state index contributed by atoms with van der Waals surface area (Å²) in [7, 11) is 1.54. The van der Waals surface area contributed by atoms with E-state index in [-0.39, 0.29) is 24.8 Å². The van der Waals surface area contributed by atoms with Crippen LogP contribution in [-0.4, -0.2) is 57.2 Å². The van der Waals surface area contributed by atoms with Gasteiger partial charge in [0.25, 0.3) is 5.91 Å². The van der Waals surface area contributed by atoms with Crippen LogP contribution in [0.25, 0.3) is 11.1 Å². The maximum Gasteiger partial charge on any atom is 0.407 e. The van der Waals surface area contributed by atoms with E-state index in [1.165, 1.54) is 10.7 Å². The number of hydrogen-bond donors (Lipinski definition) is 4. The number of aliphatic carboxylic acids is 1. The number of rotatable bonds is 8. The zero-order valence-electron chi connectivity index (χ0n) is 18.4. The van der Waals surface area contributed by atoms with Crippen LogP contribution in [0.3, 0.4) is 0 Å². The Morgan fingerprint density at radius 1 is 1.06 bits per heavy atom. The van der Waals surface area contributed by atoms with Crippen molar-refractivity contribution in [1.82, 2.24) is 20.4 Å². The molecule has 4 N–H and O–H groups in total. The largest absolute Gasteiger partial charge is 0.479 e. The minimum atomic E-state index is -1.70. The third kappa shape index (κ3) is 4.76. The third-order valence-corrected chi connectivity index (χ3v) is 5.66. The van der Waals surface area contributed by atoms with Crippen LogP contribution in [0.15, 0.2) is 54.6 Å². The fourth-order valence-electron chi connectivity index (χ4n) is 4.00. The number of hydrogen-bond acceptors (Lipinski definition) is 6. The molecule has 34 heavy (non-hydrogen) atoms. The summed E-state index contributed by atoms with van der Waals surface area (Å²) in [6.45, 7) is -0.218. The molecule has 4 rings (SSSR count). The summed E-state index contributed by atoms with van der Waals surface area (Å²) in [5, 5.41) is 27.1. The molecule has 1 aliphatic carbocycles. The maximum atomic E-state index is 12.3. The third-order valence-electron chi connectivity index (χ3n) is 5.66. The molecule has 10 nitrogen and oxygen atoms in total. The molecule has 0 saturated carbocycles. The molecular formula is C24H24N4O6. The number of aromatic nitrogens is 2. The molecule has 1 aromatic heterocycles. The van der Waals surface area contributed by atoms with Gasteiger partial charge in [-0.25, -0.2) is 9.59 Å². The minimum absolute atomic E-state index is 0.0372. The number of carbonyl (C=O) groups excluding carboxylic acids is 2. The van der Waals surface area contributed by atoms with Crippen molar-refractivity contribution in [2.24, 2.45) is 7.05 Å². The zero-order valence-corrected chi connectivity index (χ0v) is 18.4. The van der Waals surface area contributed by atoms with Crippen LogP contribution in [0.2, 0.25) is 0 Å². The molecule has 0 bridgehead atoms. The van der Waals surface area contributed by atoms with Crippen LogP contribution in [0.4, 0.5) is 4.79 Å². The molecule has 1 heterocycles. The first-order chi connectivity index (χ1) is 16.3. The quantitative estimate of drug-likeness (QED) is 0.397. The van der Waals surface area contributed by atoms with Crippen LogP contribution in [0.5, 0.6) is 0 Å². The van der Waals surface area contributed by atoms with Gasteiger partial charge in [-0.15, -0.1) is 0 Å². The van der Waals surface area contributed by atoms with Gasteiger partial charge in [0.05, 0.1) is 18.8 Å². The SMILES string of the molecule is Cn1nc(CNC(=O)OCC2c3ccccc3-c3ccccc32)cc1C(=O)NCC(O)C(=O)O. The summed E-state index contributed by atoms with van der Waals surface area (Å²) in [6, 6.07) is 17.6.